The topological polar surface area (TPSA) is 0 Å². The molecule has 0 radical (unpaired) electrons. The highest BCUT2D eigenvalue weighted by Crippen LogP contribution is 2.19. The van der Waals surface area contributed by atoms with Gasteiger partial charge in [-0.05, 0) is 97.2 Å². The molecule has 0 atom stereocenters. The zero-order valence-corrected chi connectivity index (χ0v) is 17.9. The lowest BCUT2D eigenvalue weighted by Crippen LogP contribution is -1.87. The van der Waals surface area contributed by atoms with E-state index in [2.05, 4.69) is 114 Å². The van der Waals surface area contributed by atoms with Crippen LogP contribution in [0.1, 0.15) is 55.6 Å². The predicted molar refractivity (Wildman–Crippen MR) is 126 cm³/mol. The second-order valence-electron chi connectivity index (χ2n) is 7.89. The van der Waals surface area contributed by atoms with Crippen LogP contribution in [-0.4, -0.2) is 0 Å². The molecule has 0 N–H and O–H groups in total. The van der Waals surface area contributed by atoms with Gasteiger partial charge < -0.3 is 0 Å². The third-order valence-corrected chi connectivity index (χ3v) is 5.77. The van der Waals surface area contributed by atoms with Gasteiger partial charge in [-0.2, -0.15) is 0 Å². The van der Waals surface area contributed by atoms with E-state index < -0.39 is 0 Å². The minimum absolute atomic E-state index is 1.22. The van der Waals surface area contributed by atoms with E-state index in [0.717, 1.165) is 0 Å². The summed E-state index contributed by atoms with van der Waals surface area (Å²) in [6, 6.07) is 17.7. The van der Waals surface area contributed by atoms with E-state index in [9.17, 15) is 0 Å². The Balaban J connectivity index is 1.73. The monoisotopic (exact) mass is 366 g/mol. The van der Waals surface area contributed by atoms with Crippen LogP contribution in [0.15, 0.2) is 48.5 Å². The molecule has 0 bridgehead atoms. The van der Waals surface area contributed by atoms with Gasteiger partial charge in [0, 0.05) is 0 Å². The number of aryl methyl sites for hydroxylation is 4. The number of hydrogen-bond donors (Lipinski definition) is 0. The van der Waals surface area contributed by atoms with Crippen molar-refractivity contribution >= 4 is 24.3 Å². The number of hydrogen-bond acceptors (Lipinski definition) is 0. The fourth-order valence-electron chi connectivity index (χ4n) is 3.43. The zero-order chi connectivity index (χ0) is 20.3. The van der Waals surface area contributed by atoms with Crippen LogP contribution in [0.3, 0.4) is 0 Å². The van der Waals surface area contributed by atoms with Crippen LogP contribution in [0, 0.1) is 41.5 Å². The molecular weight excluding hydrogens is 336 g/mol. The van der Waals surface area contributed by atoms with Crippen molar-refractivity contribution < 1.29 is 0 Å². The highest BCUT2D eigenvalue weighted by Gasteiger charge is 2.00. The molecule has 0 fully saturated rings. The van der Waals surface area contributed by atoms with E-state index in [1.54, 1.807) is 0 Å². The maximum Gasteiger partial charge on any atom is -0.0251 e. The summed E-state index contributed by atoms with van der Waals surface area (Å²) in [6.07, 6.45) is 8.76. The summed E-state index contributed by atoms with van der Waals surface area (Å²) in [5.74, 6) is 0. The highest BCUT2D eigenvalue weighted by atomic mass is 14.1. The van der Waals surface area contributed by atoms with Gasteiger partial charge in [0.2, 0.25) is 0 Å². The molecule has 0 spiro atoms. The largest absolute Gasteiger partial charge is 0.0544 e. The van der Waals surface area contributed by atoms with Gasteiger partial charge in [-0.3, -0.25) is 0 Å². The molecule has 0 saturated carbocycles. The molecule has 0 heterocycles. The Bertz CT molecular complexity index is 911. The first-order valence-electron chi connectivity index (χ1n) is 9.95. The van der Waals surface area contributed by atoms with Gasteiger partial charge in [0.15, 0.2) is 0 Å². The molecule has 28 heavy (non-hydrogen) atoms. The van der Waals surface area contributed by atoms with E-state index in [1.807, 2.05) is 0 Å². The van der Waals surface area contributed by atoms with Gasteiger partial charge in [-0.25, -0.2) is 0 Å². The minimum atomic E-state index is 1.22. The molecule has 0 aliphatic carbocycles. The molecule has 0 aliphatic rings. The molecule has 0 aromatic heterocycles. The van der Waals surface area contributed by atoms with Crippen molar-refractivity contribution in [1.29, 1.82) is 0 Å². The lowest BCUT2D eigenvalue weighted by molar-refractivity contribution is 1.26. The smallest absolute Gasteiger partial charge is 0.0251 e. The quantitative estimate of drug-likeness (QED) is 0.412. The second kappa shape index (κ2) is 8.44. The Labute approximate surface area is 170 Å². The van der Waals surface area contributed by atoms with E-state index >= 15 is 0 Å². The average molecular weight is 367 g/mol. The first kappa shape index (κ1) is 19.9. The van der Waals surface area contributed by atoms with Gasteiger partial charge in [-0.15, -0.1) is 0 Å². The fourth-order valence-corrected chi connectivity index (χ4v) is 3.43. The standard InChI is InChI=1S/C28H30/c1-19-15-27(16-20(2)23(19)5)13-11-25-7-9-26(10-8-25)12-14-28-17-21(3)24(6)22(4)18-28/h7-18H,1-6H3/b13-11-,14-12-. The Hall–Kier alpha value is -2.86. The van der Waals surface area contributed by atoms with E-state index in [-0.39, 0.29) is 0 Å². The van der Waals surface area contributed by atoms with Crippen LogP contribution in [0.4, 0.5) is 0 Å². The van der Waals surface area contributed by atoms with Gasteiger partial charge in [-0.1, -0.05) is 72.8 Å². The third-order valence-electron chi connectivity index (χ3n) is 5.77. The van der Waals surface area contributed by atoms with Gasteiger partial charge >= 0.3 is 0 Å². The summed E-state index contributed by atoms with van der Waals surface area (Å²) in [4.78, 5) is 0. The molecular formula is C28H30. The summed E-state index contributed by atoms with van der Waals surface area (Å²) in [5, 5.41) is 0. The SMILES string of the molecule is Cc1cc(/C=C\c2ccc(/C=C\c3cc(C)c(C)c(C)c3)cc2)cc(C)c1C. The molecule has 3 aromatic carbocycles. The lowest BCUT2D eigenvalue weighted by Gasteiger charge is -2.06. The van der Waals surface area contributed by atoms with Crippen molar-refractivity contribution in [2.24, 2.45) is 0 Å². The Kier molecular flexibility index (Phi) is 5.99. The van der Waals surface area contributed by atoms with Gasteiger partial charge in [0.1, 0.15) is 0 Å². The first-order valence-corrected chi connectivity index (χ1v) is 9.95. The lowest BCUT2D eigenvalue weighted by atomic mass is 9.99. The summed E-state index contributed by atoms with van der Waals surface area (Å²) < 4.78 is 0. The predicted octanol–water partition coefficient (Wildman–Crippen LogP) is 7.88. The van der Waals surface area contributed by atoms with Gasteiger partial charge in [0.25, 0.3) is 0 Å². The Morgan fingerprint density at radius 2 is 0.643 bits per heavy atom. The summed E-state index contributed by atoms with van der Waals surface area (Å²) in [6.45, 7) is 13.1. The average Bonchev–Trinajstić information content (AvgIpc) is 2.67. The van der Waals surface area contributed by atoms with Crippen LogP contribution >= 0.6 is 0 Å². The minimum Gasteiger partial charge on any atom is -0.0544 e. The van der Waals surface area contributed by atoms with Crippen molar-refractivity contribution in [1.82, 2.24) is 0 Å². The molecule has 0 amide bonds. The van der Waals surface area contributed by atoms with Crippen LogP contribution < -0.4 is 0 Å². The highest BCUT2D eigenvalue weighted by molar-refractivity contribution is 5.73. The molecule has 0 aliphatic heterocycles. The Morgan fingerprint density at radius 1 is 0.393 bits per heavy atom. The summed E-state index contributed by atoms with van der Waals surface area (Å²) in [5.41, 5.74) is 13.1. The van der Waals surface area contributed by atoms with Crippen LogP contribution in [0.25, 0.3) is 24.3 Å². The van der Waals surface area contributed by atoms with Crippen LogP contribution in [-0.2, 0) is 0 Å². The molecule has 142 valence electrons. The summed E-state index contributed by atoms with van der Waals surface area (Å²) in [7, 11) is 0. The molecule has 0 saturated heterocycles. The van der Waals surface area contributed by atoms with E-state index in [1.165, 1.54) is 55.6 Å². The van der Waals surface area contributed by atoms with Gasteiger partial charge in [0.05, 0.1) is 0 Å². The maximum absolute atomic E-state index is 2.25. The molecule has 0 unspecified atom stereocenters. The van der Waals surface area contributed by atoms with Crippen LogP contribution in [0.5, 0.6) is 0 Å². The molecule has 3 rings (SSSR count). The van der Waals surface area contributed by atoms with Crippen molar-refractivity contribution in [3.63, 3.8) is 0 Å². The van der Waals surface area contributed by atoms with Crippen LogP contribution in [0.2, 0.25) is 0 Å². The first-order chi connectivity index (χ1) is 13.3. The number of benzene rings is 3. The second-order valence-corrected chi connectivity index (χ2v) is 7.89. The normalized spacial score (nSPS) is 11.6. The molecule has 0 nitrogen and oxygen atoms in total. The van der Waals surface area contributed by atoms with E-state index in [0.29, 0.717) is 0 Å². The van der Waals surface area contributed by atoms with E-state index in [4.69, 9.17) is 0 Å². The fraction of sp³-hybridized carbons (Fsp3) is 0.214. The zero-order valence-electron chi connectivity index (χ0n) is 17.9. The summed E-state index contributed by atoms with van der Waals surface area (Å²) >= 11 is 0. The van der Waals surface area contributed by atoms with Crippen molar-refractivity contribution in [2.45, 2.75) is 41.5 Å². The van der Waals surface area contributed by atoms with Crippen molar-refractivity contribution in [3.8, 4) is 0 Å². The Morgan fingerprint density at radius 3 is 0.929 bits per heavy atom. The maximum atomic E-state index is 2.25. The van der Waals surface area contributed by atoms with Crippen molar-refractivity contribution in [2.75, 3.05) is 0 Å². The molecule has 0 heteroatoms. The number of rotatable bonds is 4. The van der Waals surface area contributed by atoms with Crippen molar-refractivity contribution in [3.05, 3.63) is 104 Å². The third kappa shape index (κ3) is 4.70. The molecule has 3 aromatic rings.